The monoisotopic (exact) mass is 275 g/mol. The molecule has 4 rings (SSSR count). The summed E-state index contributed by atoms with van der Waals surface area (Å²) in [5, 5.41) is 3.29. The average Bonchev–Trinajstić information content (AvgIpc) is 2.80. The average molecular weight is 275 g/mol. The number of nitrogens with two attached hydrogens (primary N) is 1. The van der Waals surface area contributed by atoms with Crippen LogP contribution in [0.3, 0.4) is 0 Å². The molecule has 0 atom stereocenters. The molecule has 4 N–H and O–H groups in total. The first-order chi connectivity index (χ1) is 10.3. The zero-order valence-electron chi connectivity index (χ0n) is 11.2. The minimum atomic E-state index is 0.371. The number of hydrogen-bond acceptors (Lipinski definition) is 4. The molecule has 0 spiro atoms. The van der Waals surface area contributed by atoms with Gasteiger partial charge in [0.05, 0.1) is 17.1 Å². The number of imidazole rings is 1. The van der Waals surface area contributed by atoms with Gasteiger partial charge in [-0.05, 0) is 12.1 Å². The van der Waals surface area contributed by atoms with Gasteiger partial charge in [-0.25, -0.2) is 4.99 Å². The van der Waals surface area contributed by atoms with Crippen LogP contribution in [0.5, 0.6) is 0 Å². The van der Waals surface area contributed by atoms with E-state index in [4.69, 9.17) is 10.7 Å². The van der Waals surface area contributed by atoms with Gasteiger partial charge in [0.1, 0.15) is 5.69 Å². The van der Waals surface area contributed by atoms with E-state index in [1.807, 2.05) is 54.6 Å². The fourth-order valence-electron chi connectivity index (χ4n) is 2.44. The van der Waals surface area contributed by atoms with Crippen LogP contribution in [0.1, 0.15) is 11.3 Å². The van der Waals surface area contributed by atoms with Gasteiger partial charge in [-0.1, -0.05) is 42.5 Å². The second-order valence-electron chi connectivity index (χ2n) is 4.81. The smallest absolute Gasteiger partial charge is 0.200 e. The Hall–Kier alpha value is -3.08. The summed E-state index contributed by atoms with van der Waals surface area (Å²) in [6.07, 6.45) is 0. The van der Waals surface area contributed by atoms with Crippen molar-refractivity contribution >= 4 is 28.9 Å². The summed E-state index contributed by atoms with van der Waals surface area (Å²) in [5.41, 5.74) is 10.2. The van der Waals surface area contributed by atoms with Gasteiger partial charge in [0.2, 0.25) is 0 Å². The molecule has 0 bridgehead atoms. The molecule has 0 saturated heterocycles. The maximum absolute atomic E-state index is 5.81. The maximum atomic E-state index is 5.81. The summed E-state index contributed by atoms with van der Waals surface area (Å²) >= 11 is 0. The molecular weight excluding hydrogens is 262 g/mol. The number of rotatable bonds is 1. The van der Waals surface area contributed by atoms with Crippen LogP contribution in [0.15, 0.2) is 59.6 Å². The van der Waals surface area contributed by atoms with Gasteiger partial charge in [-0.3, -0.25) is 0 Å². The highest BCUT2D eigenvalue weighted by molar-refractivity contribution is 6.17. The molecule has 0 radical (unpaired) electrons. The highest BCUT2D eigenvalue weighted by Crippen LogP contribution is 2.34. The van der Waals surface area contributed by atoms with Crippen LogP contribution in [-0.4, -0.2) is 15.7 Å². The zero-order valence-corrected chi connectivity index (χ0v) is 11.2. The highest BCUT2D eigenvalue weighted by Gasteiger charge is 2.20. The Balaban J connectivity index is 1.99. The summed E-state index contributed by atoms with van der Waals surface area (Å²) in [5.74, 6) is 1.07. The lowest BCUT2D eigenvalue weighted by molar-refractivity contribution is 1.31. The quantitative estimate of drug-likeness (QED) is 0.499. The van der Waals surface area contributed by atoms with E-state index in [9.17, 15) is 0 Å². The number of aromatic amines is 1. The first kappa shape index (κ1) is 11.7. The molecule has 1 aromatic heterocycles. The van der Waals surface area contributed by atoms with Gasteiger partial charge in [0, 0.05) is 5.56 Å². The molecule has 102 valence electrons. The van der Waals surface area contributed by atoms with E-state index in [-0.39, 0.29) is 0 Å². The van der Waals surface area contributed by atoms with Gasteiger partial charge in [-0.2, -0.15) is 4.98 Å². The third-order valence-electron chi connectivity index (χ3n) is 3.40. The van der Waals surface area contributed by atoms with E-state index in [1.165, 1.54) is 0 Å². The fourth-order valence-corrected chi connectivity index (χ4v) is 2.44. The molecule has 5 nitrogen and oxygen atoms in total. The molecule has 3 aromatic rings. The predicted octanol–water partition coefficient (Wildman–Crippen LogP) is 3.22. The van der Waals surface area contributed by atoms with Gasteiger partial charge in [-0.15, -0.1) is 0 Å². The van der Waals surface area contributed by atoms with Crippen molar-refractivity contribution in [3.8, 4) is 0 Å². The molecule has 0 fully saturated rings. The summed E-state index contributed by atoms with van der Waals surface area (Å²) in [4.78, 5) is 12.2. The third-order valence-corrected chi connectivity index (χ3v) is 3.40. The first-order valence-corrected chi connectivity index (χ1v) is 6.67. The molecule has 2 heterocycles. The number of anilines is 3. The number of nitrogens with one attached hydrogen (secondary N) is 2. The fraction of sp³-hybridized carbons (Fsp3) is 0. The van der Waals surface area contributed by atoms with Crippen LogP contribution in [0.25, 0.3) is 0 Å². The van der Waals surface area contributed by atoms with Crippen molar-refractivity contribution in [2.45, 2.75) is 0 Å². The number of hydrogen-bond donors (Lipinski definition) is 3. The molecule has 1 aliphatic rings. The molecule has 21 heavy (non-hydrogen) atoms. The Bertz CT molecular complexity index is 833. The van der Waals surface area contributed by atoms with Crippen molar-refractivity contribution in [2.75, 3.05) is 11.1 Å². The first-order valence-electron chi connectivity index (χ1n) is 6.67. The lowest BCUT2D eigenvalue weighted by Gasteiger charge is -2.04. The minimum absolute atomic E-state index is 0.371. The third kappa shape index (κ3) is 1.95. The molecule has 0 aliphatic carbocycles. The number of benzene rings is 2. The van der Waals surface area contributed by atoms with Crippen LogP contribution >= 0.6 is 0 Å². The van der Waals surface area contributed by atoms with Crippen LogP contribution in [0, 0.1) is 0 Å². The number of fused-ring (bicyclic) bond motifs is 2. The van der Waals surface area contributed by atoms with E-state index < -0.39 is 0 Å². The van der Waals surface area contributed by atoms with Crippen molar-refractivity contribution in [1.82, 2.24) is 9.97 Å². The van der Waals surface area contributed by atoms with Crippen molar-refractivity contribution in [1.29, 1.82) is 0 Å². The highest BCUT2D eigenvalue weighted by atomic mass is 15.1. The predicted molar refractivity (Wildman–Crippen MR) is 84.5 cm³/mol. The van der Waals surface area contributed by atoms with Gasteiger partial charge >= 0.3 is 0 Å². The van der Waals surface area contributed by atoms with E-state index >= 15 is 0 Å². The number of H-pyrrole nitrogens is 1. The van der Waals surface area contributed by atoms with Crippen LogP contribution in [0.2, 0.25) is 0 Å². The Labute approximate surface area is 121 Å². The molecule has 0 amide bonds. The van der Waals surface area contributed by atoms with Crippen molar-refractivity contribution in [3.63, 3.8) is 0 Å². The molecule has 0 unspecified atom stereocenters. The normalized spacial score (nSPS) is 12.7. The van der Waals surface area contributed by atoms with Gasteiger partial charge in [0.25, 0.3) is 0 Å². The topological polar surface area (TPSA) is 79.1 Å². The van der Waals surface area contributed by atoms with E-state index in [0.29, 0.717) is 11.8 Å². The van der Waals surface area contributed by atoms with Crippen molar-refractivity contribution in [2.24, 2.45) is 4.99 Å². The van der Waals surface area contributed by atoms with Gasteiger partial charge in [0.15, 0.2) is 11.8 Å². The Morgan fingerprint density at radius 2 is 1.67 bits per heavy atom. The Kier molecular flexibility index (Phi) is 2.50. The number of nitrogen functional groups attached to an aromatic ring is 1. The van der Waals surface area contributed by atoms with Crippen molar-refractivity contribution < 1.29 is 0 Å². The largest absolute Gasteiger partial charge is 0.369 e. The zero-order chi connectivity index (χ0) is 14.2. The van der Waals surface area contributed by atoms with Crippen molar-refractivity contribution in [3.05, 3.63) is 65.9 Å². The van der Waals surface area contributed by atoms with Crippen LogP contribution in [-0.2, 0) is 0 Å². The Morgan fingerprint density at radius 1 is 0.905 bits per heavy atom. The van der Waals surface area contributed by atoms with Crippen LogP contribution < -0.4 is 11.1 Å². The lowest BCUT2D eigenvalue weighted by atomic mass is 10.1. The standard InChI is InChI=1S/C16H13N5/c17-16-20-14-13(10-6-2-1-3-7-10)18-11-8-4-5-9-12(11)19-15(14)21-16/h1-9,19H,(H3,17,20,21). The minimum Gasteiger partial charge on any atom is -0.369 e. The number of para-hydroxylation sites is 2. The molecule has 2 aromatic carbocycles. The summed E-state index contributed by atoms with van der Waals surface area (Å²) in [6, 6.07) is 17.9. The Morgan fingerprint density at radius 3 is 2.52 bits per heavy atom. The maximum Gasteiger partial charge on any atom is 0.200 e. The van der Waals surface area contributed by atoms with Crippen LogP contribution in [0.4, 0.5) is 23.1 Å². The van der Waals surface area contributed by atoms with E-state index in [0.717, 1.165) is 28.3 Å². The summed E-state index contributed by atoms with van der Waals surface area (Å²) in [6.45, 7) is 0. The second kappa shape index (κ2) is 4.49. The summed E-state index contributed by atoms with van der Waals surface area (Å²) in [7, 11) is 0. The molecule has 5 heteroatoms. The second-order valence-corrected chi connectivity index (χ2v) is 4.81. The SMILES string of the molecule is Nc1nc2c([nH]1)C(c1ccccc1)=Nc1ccccc1N2. The summed E-state index contributed by atoms with van der Waals surface area (Å²) < 4.78 is 0. The molecule has 1 aliphatic heterocycles. The van der Waals surface area contributed by atoms with E-state index in [2.05, 4.69) is 15.3 Å². The molecule has 0 saturated carbocycles. The lowest BCUT2D eigenvalue weighted by Crippen LogP contribution is -2.04. The number of aromatic nitrogens is 2. The molecular formula is C16H13N5. The number of aliphatic imine (C=N–C) groups is 1. The number of nitrogens with zero attached hydrogens (tertiary/aromatic N) is 2. The van der Waals surface area contributed by atoms with Gasteiger partial charge < -0.3 is 16.0 Å². The van der Waals surface area contributed by atoms with E-state index in [1.54, 1.807) is 0 Å².